The van der Waals surface area contributed by atoms with Gasteiger partial charge in [0.15, 0.2) is 11.6 Å². The molecule has 0 aliphatic heterocycles. The number of nitrogens with zero attached hydrogens (tertiary/aromatic N) is 3. The van der Waals surface area contributed by atoms with Crippen molar-refractivity contribution in [1.29, 1.82) is 0 Å². The van der Waals surface area contributed by atoms with E-state index in [-0.39, 0.29) is 11.9 Å². The molecule has 0 radical (unpaired) electrons. The van der Waals surface area contributed by atoms with Gasteiger partial charge < -0.3 is 20.0 Å². The van der Waals surface area contributed by atoms with Gasteiger partial charge in [-0.15, -0.1) is 0 Å². The Morgan fingerprint density at radius 3 is 2.62 bits per heavy atom. The number of benzene rings is 1. The van der Waals surface area contributed by atoms with Gasteiger partial charge in [0, 0.05) is 25.3 Å². The molecule has 1 atom stereocenters. The second kappa shape index (κ2) is 9.09. The number of rotatable bonds is 8. The number of carbonyl (C=O) groups excluding carboxylic acids is 1. The van der Waals surface area contributed by atoms with Crippen LogP contribution in [0.4, 0.5) is 17.3 Å². The summed E-state index contributed by atoms with van der Waals surface area (Å²) in [4.78, 5) is 13.8. The van der Waals surface area contributed by atoms with Gasteiger partial charge in [-0.1, -0.05) is 26.8 Å². The largest absolute Gasteiger partial charge is 0.467 e. The van der Waals surface area contributed by atoms with Gasteiger partial charge in [-0.3, -0.25) is 4.79 Å². The first-order chi connectivity index (χ1) is 13.9. The minimum Gasteiger partial charge on any atom is -0.467 e. The van der Waals surface area contributed by atoms with Crippen molar-refractivity contribution < 1.29 is 9.21 Å². The molecule has 2 aromatic heterocycles. The Balaban J connectivity index is 1.77. The van der Waals surface area contributed by atoms with E-state index in [9.17, 15) is 4.79 Å². The number of anilines is 3. The van der Waals surface area contributed by atoms with Crippen LogP contribution in [0, 0.1) is 0 Å². The lowest BCUT2D eigenvalue weighted by atomic mass is 10.1. The van der Waals surface area contributed by atoms with Crippen LogP contribution in [0.2, 0.25) is 0 Å². The van der Waals surface area contributed by atoms with Crippen molar-refractivity contribution in [2.45, 2.75) is 39.2 Å². The van der Waals surface area contributed by atoms with Crippen LogP contribution < -0.4 is 10.6 Å². The summed E-state index contributed by atoms with van der Waals surface area (Å²) in [5.41, 5.74) is 2.57. The molecule has 29 heavy (non-hydrogen) atoms. The number of aromatic nitrogens is 2. The lowest BCUT2D eigenvalue weighted by molar-refractivity contribution is 0.0827. The Labute approximate surface area is 175 Å². The monoisotopic (exact) mass is 413 g/mol. The minimum absolute atomic E-state index is 0.00592. The Kier molecular flexibility index (Phi) is 6.53. The van der Waals surface area contributed by atoms with Crippen molar-refractivity contribution in [1.82, 2.24) is 13.6 Å². The molecule has 0 aliphatic carbocycles. The van der Waals surface area contributed by atoms with E-state index in [2.05, 4.69) is 46.2 Å². The normalized spacial score (nSPS) is 12.1. The predicted molar refractivity (Wildman–Crippen MR) is 117 cm³/mol. The summed E-state index contributed by atoms with van der Waals surface area (Å²) >= 11 is 1.13. The van der Waals surface area contributed by atoms with Crippen molar-refractivity contribution in [2.75, 3.05) is 24.7 Å². The van der Waals surface area contributed by atoms with E-state index in [1.807, 2.05) is 24.5 Å². The van der Waals surface area contributed by atoms with Crippen LogP contribution >= 0.6 is 11.7 Å². The molecule has 0 aliphatic rings. The standard InChI is InChI=1S/C21H27N5O2S/c1-6-17(18-11-15(12-28-18)13(2)3)23-20-19(24-29-25-20)22-16-9-7-8-14(10-16)21(27)26(4)5/h7-13,17H,6H2,1-5H3,(H,22,24)(H,23,25). The highest BCUT2D eigenvalue weighted by atomic mass is 32.1. The molecule has 154 valence electrons. The van der Waals surface area contributed by atoms with Gasteiger partial charge in [-0.05, 0) is 42.2 Å². The van der Waals surface area contributed by atoms with E-state index in [1.54, 1.807) is 25.1 Å². The first kappa shape index (κ1) is 20.9. The zero-order valence-electron chi connectivity index (χ0n) is 17.4. The molecule has 2 N–H and O–H groups in total. The van der Waals surface area contributed by atoms with Gasteiger partial charge in [-0.2, -0.15) is 8.75 Å². The molecule has 3 aromatic rings. The number of hydrogen-bond acceptors (Lipinski definition) is 7. The molecule has 0 bridgehead atoms. The van der Waals surface area contributed by atoms with Gasteiger partial charge in [-0.25, -0.2) is 0 Å². The molecule has 0 saturated carbocycles. The van der Waals surface area contributed by atoms with Gasteiger partial charge >= 0.3 is 0 Å². The fourth-order valence-electron chi connectivity index (χ4n) is 2.88. The molecule has 0 fully saturated rings. The van der Waals surface area contributed by atoms with Gasteiger partial charge in [0.05, 0.1) is 24.0 Å². The SMILES string of the molecule is CCC(Nc1nsnc1Nc1cccc(C(=O)N(C)C)c1)c1cc(C(C)C)co1. The third kappa shape index (κ3) is 4.95. The average molecular weight is 414 g/mol. The Morgan fingerprint density at radius 2 is 1.97 bits per heavy atom. The van der Waals surface area contributed by atoms with Crippen LogP contribution in [-0.2, 0) is 0 Å². The van der Waals surface area contributed by atoms with Crippen LogP contribution in [0.1, 0.15) is 60.8 Å². The number of nitrogens with one attached hydrogen (secondary N) is 2. The van der Waals surface area contributed by atoms with E-state index in [4.69, 9.17) is 4.42 Å². The molecule has 3 rings (SSSR count). The molecule has 0 saturated heterocycles. The molecule has 1 aromatic carbocycles. The Bertz CT molecular complexity index is 963. The minimum atomic E-state index is -0.0479. The maximum Gasteiger partial charge on any atom is 0.253 e. The van der Waals surface area contributed by atoms with Crippen LogP contribution in [-0.4, -0.2) is 33.6 Å². The van der Waals surface area contributed by atoms with E-state index in [1.165, 1.54) is 5.56 Å². The summed E-state index contributed by atoms with van der Waals surface area (Å²) in [6.07, 6.45) is 2.66. The first-order valence-corrected chi connectivity index (χ1v) is 10.4. The summed E-state index contributed by atoms with van der Waals surface area (Å²) in [6.45, 7) is 6.38. The zero-order chi connectivity index (χ0) is 21.0. The van der Waals surface area contributed by atoms with Crippen LogP contribution in [0.3, 0.4) is 0 Å². The van der Waals surface area contributed by atoms with Crippen molar-refractivity contribution in [2.24, 2.45) is 0 Å². The quantitative estimate of drug-likeness (QED) is 0.524. The Morgan fingerprint density at radius 1 is 1.21 bits per heavy atom. The molecule has 1 unspecified atom stereocenters. The summed E-state index contributed by atoms with van der Waals surface area (Å²) in [5.74, 6) is 2.54. The lowest BCUT2D eigenvalue weighted by Crippen LogP contribution is -2.21. The van der Waals surface area contributed by atoms with E-state index in [0.29, 0.717) is 23.1 Å². The number of furan rings is 1. The van der Waals surface area contributed by atoms with Gasteiger partial charge in [0.25, 0.3) is 5.91 Å². The highest BCUT2D eigenvalue weighted by Gasteiger charge is 2.19. The topological polar surface area (TPSA) is 83.3 Å². The van der Waals surface area contributed by atoms with Crippen LogP contribution in [0.5, 0.6) is 0 Å². The van der Waals surface area contributed by atoms with Crippen molar-refractivity contribution in [3.8, 4) is 0 Å². The summed E-state index contributed by atoms with van der Waals surface area (Å²) in [5, 5.41) is 6.69. The average Bonchev–Trinajstić information content (AvgIpc) is 3.35. The molecule has 2 heterocycles. The fourth-order valence-corrected chi connectivity index (χ4v) is 3.36. The second-order valence-corrected chi connectivity index (χ2v) is 7.94. The summed E-state index contributed by atoms with van der Waals surface area (Å²) in [7, 11) is 3.47. The van der Waals surface area contributed by atoms with Gasteiger partial charge in [0.2, 0.25) is 0 Å². The number of hydrogen-bond donors (Lipinski definition) is 2. The molecule has 0 spiro atoms. The van der Waals surface area contributed by atoms with Crippen LogP contribution in [0.25, 0.3) is 0 Å². The summed E-state index contributed by atoms with van der Waals surface area (Å²) < 4.78 is 14.5. The van der Waals surface area contributed by atoms with Crippen molar-refractivity contribution in [3.05, 3.63) is 53.5 Å². The number of carbonyl (C=O) groups is 1. The van der Waals surface area contributed by atoms with Gasteiger partial charge in [0.1, 0.15) is 5.76 Å². The maximum atomic E-state index is 12.2. The highest BCUT2D eigenvalue weighted by molar-refractivity contribution is 6.99. The zero-order valence-corrected chi connectivity index (χ0v) is 18.2. The highest BCUT2D eigenvalue weighted by Crippen LogP contribution is 2.30. The lowest BCUT2D eigenvalue weighted by Gasteiger charge is -2.15. The Hall–Kier alpha value is -2.87. The molecular weight excluding hydrogens is 386 g/mol. The first-order valence-electron chi connectivity index (χ1n) is 9.65. The predicted octanol–water partition coefficient (Wildman–Crippen LogP) is 5.26. The van der Waals surface area contributed by atoms with Crippen molar-refractivity contribution >= 4 is 35.0 Å². The molecular formula is C21H27N5O2S. The molecule has 8 heteroatoms. The second-order valence-electron chi connectivity index (χ2n) is 7.41. The fraction of sp³-hybridized carbons (Fsp3) is 0.381. The van der Waals surface area contributed by atoms with E-state index in [0.717, 1.165) is 29.6 Å². The smallest absolute Gasteiger partial charge is 0.253 e. The molecule has 1 amide bonds. The number of amides is 1. The maximum absolute atomic E-state index is 12.2. The van der Waals surface area contributed by atoms with Crippen molar-refractivity contribution in [3.63, 3.8) is 0 Å². The van der Waals surface area contributed by atoms with E-state index >= 15 is 0 Å². The third-order valence-electron chi connectivity index (χ3n) is 4.64. The van der Waals surface area contributed by atoms with Crippen LogP contribution in [0.15, 0.2) is 41.0 Å². The molecule has 7 nitrogen and oxygen atoms in total. The van der Waals surface area contributed by atoms with E-state index < -0.39 is 0 Å². The summed E-state index contributed by atoms with van der Waals surface area (Å²) in [6, 6.07) is 9.43. The third-order valence-corrected chi connectivity index (χ3v) is 5.16.